The van der Waals surface area contributed by atoms with Gasteiger partial charge in [-0.25, -0.2) is 0 Å². The van der Waals surface area contributed by atoms with Crippen molar-refractivity contribution in [3.63, 3.8) is 0 Å². The van der Waals surface area contributed by atoms with E-state index in [2.05, 4.69) is 22.5 Å². The summed E-state index contributed by atoms with van der Waals surface area (Å²) in [4.78, 5) is 10.8. The van der Waals surface area contributed by atoms with Crippen LogP contribution < -0.4 is 8.67 Å². The molecule has 0 bridgehead atoms. The summed E-state index contributed by atoms with van der Waals surface area (Å²) in [5.74, 6) is 0. The van der Waals surface area contributed by atoms with E-state index in [1.54, 1.807) is 0 Å². The molecular formula is C5H12N2OSe2. The first-order chi connectivity index (χ1) is 4.81. The number of rotatable bonds is 4. The van der Waals surface area contributed by atoms with Gasteiger partial charge in [-0.2, -0.15) is 0 Å². The molecule has 0 radical (unpaired) electrons. The monoisotopic (exact) mass is 276 g/mol. The van der Waals surface area contributed by atoms with Crippen molar-refractivity contribution >= 4 is 36.4 Å². The van der Waals surface area contributed by atoms with Gasteiger partial charge in [0.25, 0.3) is 0 Å². The minimum atomic E-state index is 0.00343. The number of amides is 2. The van der Waals surface area contributed by atoms with Crippen LogP contribution in [0.5, 0.6) is 0 Å². The van der Waals surface area contributed by atoms with Crippen molar-refractivity contribution in [1.29, 1.82) is 0 Å². The predicted molar refractivity (Wildman–Crippen MR) is 44.1 cm³/mol. The molecule has 5 heteroatoms. The first kappa shape index (κ1) is 10.3. The van der Waals surface area contributed by atoms with Crippen LogP contribution in [0.1, 0.15) is 13.8 Å². The van der Waals surface area contributed by atoms with Crippen molar-refractivity contribution in [2.24, 2.45) is 0 Å². The molecule has 0 aromatic heterocycles. The Morgan fingerprint density at radius 3 is 1.90 bits per heavy atom. The third kappa shape index (κ3) is 6.43. The van der Waals surface area contributed by atoms with Crippen LogP contribution in [0.15, 0.2) is 0 Å². The first-order valence-electron chi connectivity index (χ1n) is 3.10. The van der Waals surface area contributed by atoms with E-state index < -0.39 is 0 Å². The summed E-state index contributed by atoms with van der Waals surface area (Å²) in [6.07, 6.45) is 0. The van der Waals surface area contributed by atoms with E-state index in [1.165, 1.54) is 0 Å². The Labute approximate surface area is 74.4 Å². The summed E-state index contributed by atoms with van der Waals surface area (Å²) in [5.41, 5.74) is 0. The Kier molecular flexibility index (Phi) is 7.65. The van der Waals surface area contributed by atoms with Crippen molar-refractivity contribution in [1.82, 2.24) is 8.67 Å². The van der Waals surface area contributed by atoms with Crippen LogP contribution in [0.2, 0.25) is 10.6 Å². The summed E-state index contributed by atoms with van der Waals surface area (Å²) >= 11 is 0.571. The molecule has 60 valence electrons. The second-order valence-electron chi connectivity index (χ2n) is 1.40. The van der Waals surface area contributed by atoms with Gasteiger partial charge in [0.15, 0.2) is 0 Å². The Balaban J connectivity index is 3.09. The molecule has 0 aliphatic carbocycles. The van der Waals surface area contributed by atoms with Crippen molar-refractivity contribution in [3.8, 4) is 0 Å². The van der Waals surface area contributed by atoms with E-state index >= 15 is 0 Å². The molecule has 0 aliphatic rings. The molecule has 0 aromatic carbocycles. The fourth-order valence-electron chi connectivity index (χ4n) is 0.296. The van der Waals surface area contributed by atoms with Crippen molar-refractivity contribution < 1.29 is 4.79 Å². The SMILES string of the molecule is CC[Se]NC(=O)N[Se]CC. The molecule has 0 aromatic rings. The van der Waals surface area contributed by atoms with E-state index in [0.29, 0.717) is 0 Å². The molecule has 0 spiro atoms. The van der Waals surface area contributed by atoms with Gasteiger partial charge in [-0.05, 0) is 0 Å². The van der Waals surface area contributed by atoms with Crippen LogP contribution in [-0.4, -0.2) is 36.4 Å². The molecule has 0 saturated carbocycles. The molecule has 3 nitrogen and oxygen atoms in total. The average Bonchev–Trinajstić information content (AvgIpc) is 1.97. The van der Waals surface area contributed by atoms with Gasteiger partial charge in [-0.1, -0.05) is 0 Å². The zero-order valence-electron chi connectivity index (χ0n) is 6.14. The quantitative estimate of drug-likeness (QED) is 0.716. The van der Waals surface area contributed by atoms with Crippen LogP contribution in [0.3, 0.4) is 0 Å². The van der Waals surface area contributed by atoms with Crippen LogP contribution >= 0.6 is 0 Å². The molecule has 0 atom stereocenters. The maximum atomic E-state index is 10.8. The Morgan fingerprint density at radius 1 is 1.20 bits per heavy atom. The van der Waals surface area contributed by atoms with Gasteiger partial charge in [0.2, 0.25) is 0 Å². The first-order valence-corrected chi connectivity index (χ1v) is 7.24. The maximum absolute atomic E-state index is 10.8. The van der Waals surface area contributed by atoms with Gasteiger partial charge < -0.3 is 0 Å². The minimum absolute atomic E-state index is 0.00343. The second kappa shape index (κ2) is 7.42. The molecule has 0 heterocycles. The number of carbonyl (C=O) groups excluding carboxylic acids is 1. The molecule has 0 saturated heterocycles. The zero-order chi connectivity index (χ0) is 7.82. The molecular weight excluding hydrogens is 262 g/mol. The summed E-state index contributed by atoms with van der Waals surface area (Å²) in [6, 6.07) is 0.00343. The van der Waals surface area contributed by atoms with Gasteiger partial charge >= 0.3 is 74.3 Å². The number of urea groups is 1. The molecule has 2 N–H and O–H groups in total. The van der Waals surface area contributed by atoms with E-state index in [4.69, 9.17) is 0 Å². The molecule has 0 fully saturated rings. The van der Waals surface area contributed by atoms with Crippen molar-refractivity contribution in [2.75, 3.05) is 0 Å². The van der Waals surface area contributed by atoms with Gasteiger partial charge in [-0.3, -0.25) is 0 Å². The third-order valence-electron chi connectivity index (χ3n) is 0.618. The Bertz CT molecular complexity index is 89.6. The second-order valence-corrected chi connectivity index (χ2v) is 5.89. The van der Waals surface area contributed by atoms with Crippen molar-refractivity contribution in [2.45, 2.75) is 24.5 Å². The van der Waals surface area contributed by atoms with E-state index in [1.807, 2.05) is 0 Å². The van der Waals surface area contributed by atoms with E-state index in [0.717, 1.165) is 10.6 Å². The number of nitrogens with one attached hydrogen (secondary N) is 2. The molecule has 0 rings (SSSR count). The van der Waals surface area contributed by atoms with Gasteiger partial charge in [0.05, 0.1) is 0 Å². The van der Waals surface area contributed by atoms with E-state index in [9.17, 15) is 4.79 Å². The van der Waals surface area contributed by atoms with Crippen LogP contribution in [0.25, 0.3) is 0 Å². The Morgan fingerprint density at radius 2 is 1.60 bits per heavy atom. The third-order valence-corrected chi connectivity index (χ3v) is 3.21. The fraction of sp³-hybridized carbons (Fsp3) is 0.800. The molecule has 10 heavy (non-hydrogen) atoms. The van der Waals surface area contributed by atoms with Crippen molar-refractivity contribution in [3.05, 3.63) is 0 Å². The standard InChI is InChI=1S/C5H12N2OSe2/c1-3-9-6-5(8)7-10-4-2/h3-4H2,1-2H3,(H2,6,7,8). The predicted octanol–water partition coefficient (Wildman–Crippen LogP) is 0.400. The zero-order valence-corrected chi connectivity index (χ0v) is 9.57. The topological polar surface area (TPSA) is 41.1 Å². The van der Waals surface area contributed by atoms with E-state index in [-0.39, 0.29) is 36.4 Å². The van der Waals surface area contributed by atoms with Crippen LogP contribution in [0.4, 0.5) is 4.79 Å². The molecule has 0 unspecified atom stereocenters. The number of carbonyl (C=O) groups is 1. The van der Waals surface area contributed by atoms with Gasteiger partial charge in [-0.15, -0.1) is 0 Å². The molecule has 0 aliphatic heterocycles. The average molecular weight is 274 g/mol. The summed E-state index contributed by atoms with van der Waals surface area (Å²) < 4.78 is 5.59. The summed E-state index contributed by atoms with van der Waals surface area (Å²) in [6.45, 7) is 4.12. The summed E-state index contributed by atoms with van der Waals surface area (Å²) in [5, 5.41) is 2.11. The van der Waals surface area contributed by atoms with Crippen LogP contribution in [-0.2, 0) is 0 Å². The number of hydrogen-bond donors (Lipinski definition) is 2. The molecule has 2 amide bonds. The van der Waals surface area contributed by atoms with Gasteiger partial charge in [0.1, 0.15) is 0 Å². The van der Waals surface area contributed by atoms with Gasteiger partial charge in [0, 0.05) is 0 Å². The fourth-order valence-corrected chi connectivity index (χ4v) is 1.99. The normalized spacial score (nSPS) is 9.00. The van der Waals surface area contributed by atoms with Crippen LogP contribution in [0, 0.1) is 0 Å². The Hall–Kier alpha value is 0.309. The number of hydrogen-bond acceptors (Lipinski definition) is 1. The summed E-state index contributed by atoms with van der Waals surface area (Å²) in [7, 11) is 0.